The number of hydrogen-bond donors (Lipinski definition) is 0. The van der Waals surface area contributed by atoms with Crippen molar-refractivity contribution < 1.29 is 21.9 Å². The van der Waals surface area contributed by atoms with Crippen LogP contribution in [0.4, 0.5) is 0 Å². The smallest absolute Gasteiger partial charge is 0 e. The largest absolute Gasteiger partial charge is 0.412 e. The molecular weight excluding hydrogens is 210 g/mol. The van der Waals surface area contributed by atoms with E-state index in [0.717, 1.165) is 0 Å². The Labute approximate surface area is 63.2 Å². The molecule has 0 spiro atoms. The molecule has 4 nitrogen and oxygen atoms in total. The Balaban J connectivity index is 0. The molecule has 0 aromatic carbocycles. The minimum Gasteiger partial charge on any atom is -0.412 e. The van der Waals surface area contributed by atoms with Crippen LogP contribution in [0.25, 0.3) is 0 Å². The van der Waals surface area contributed by atoms with E-state index in [4.69, 9.17) is 0 Å². The molecule has 8 N–H and O–H groups in total. The van der Waals surface area contributed by atoms with Gasteiger partial charge in [0, 0.05) is 41.3 Å². The summed E-state index contributed by atoms with van der Waals surface area (Å²) in [6.45, 7) is 0. The second-order valence-electron chi connectivity index (χ2n) is 0. The molecule has 7 radical (unpaired) electrons. The fourth-order valence-electron chi connectivity index (χ4n) is 0. The van der Waals surface area contributed by atoms with E-state index >= 15 is 0 Å². The van der Waals surface area contributed by atoms with Crippen LogP contribution in [0.15, 0.2) is 0 Å². The van der Waals surface area contributed by atoms with Crippen molar-refractivity contribution in [2.24, 2.45) is 0 Å². The van der Waals surface area contributed by atoms with E-state index in [1.807, 2.05) is 0 Å². The Kier molecular flexibility index (Phi) is 3990. The van der Waals surface area contributed by atoms with Gasteiger partial charge in [0.05, 0.1) is 0 Å². The van der Waals surface area contributed by atoms with Crippen LogP contribution in [0.2, 0.25) is 0 Å². The van der Waals surface area contributed by atoms with E-state index in [-0.39, 0.29) is 63.2 Å². The van der Waals surface area contributed by atoms with Gasteiger partial charge in [0.15, 0.2) is 0 Å². The van der Waals surface area contributed by atoms with Crippen molar-refractivity contribution in [1.29, 1.82) is 0 Å². The average molecular weight is 218 g/mol. The quantitative estimate of drug-likeness (QED) is 0.366. The molecule has 0 atom stereocenters. The Morgan fingerprint density at radius 1 is 0.500 bits per heavy atom. The second-order valence-corrected chi connectivity index (χ2v) is 0. The molecule has 0 fully saturated rings. The van der Waals surface area contributed by atoms with Crippen molar-refractivity contribution in [1.82, 2.24) is 0 Å². The second kappa shape index (κ2) is 120. The zero-order chi connectivity index (χ0) is 0. The Bertz CT molecular complexity index is 7.51. The Hall–Kier alpha value is 1.17. The number of hydrogen-bond acceptors (Lipinski definition) is 0. The van der Waals surface area contributed by atoms with Crippen LogP contribution in [-0.4, -0.2) is 63.2 Å². The molecular formula is H8AlO4Sn. The summed E-state index contributed by atoms with van der Waals surface area (Å²) < 4.78 is 0. The molecule has 0 aliphatic heterocycles. The number of rotatable bonds is 0. The molecule has 0 aromatic rings. The molecule has 0 aliphatic carbocycles. The minimum atomic E-state index is 0. The molecule has 0 aromatic heterocycles. The van der Waals surface area contributed by atoms with Gasteiger partial charge in [0.1, 0.15) is 0 Å². The maximum absolute atomic E-state index is 0. The molecule has 0 heterocycles. The summed E-state index contributed by atoms with van der Waals surface area (Å²) in [4.78, 5) is 0. The van der Waals surface area contributed by atoms with Gasteiger partial charge in [0.25, 0.3) is 0 Å². The van der Waals surface area contributed by atoms with Crippen LogP contribution in [0, 0.1) is 0 Å². The molecule has 0 bridgehead atoms. The first-order valence-corrected chi connectivity index (χ1v) is 0. The minimum absolute atomic E-state index is 0. The van der Waals surface area contributed by atoms with Crippen LogP contribution in [-0.2, 0) is 0 Å². The molecule has 0 saturated heterocycles. The van der Waals surface area contributed by atoms with Crippen molar-refractivity contribution in [3.05, 3.63) is 0 Å². The van der Waals surface area contributed by atoms with Crippen LogP contribution in [0.5, 0.6) is 0 Å². The van der Waals surface area contributed by atoms with E-state index < -0.39 is 0 Å². The van der Waals surface area contributed by atoms with Crippen LogP contribution < -0.4 is 0 Å². The van der Waals surface area contributed by atoms with Gasteiger partial charge in [-0.15, -0.1) is 0 Å². The SMILES string of the molecule is O.O.O.O.[Al].[Sn]. The van der Waals surface area contributed by atoms with Crippen LogP contribution in [0.3, 0.4) is 0 Å². The van der Waals surface area contributed by atoms with Crippen molar-refractivity contribution in [3.8, 4) is 0 Å². The first-order valence-electron chi connectivity index (χ1n) is 0. The van der Waals surface area contributed by atoms with Crippen LogP contribution >= 0.6 is 0 Å². The average Bonchev–Trinajstić information content (AvgIpc) is 0. The van der Waals surface area contributed by atoms with Gasteiger partial charge in [0.2, 0.25) is 0 Å². The van der Waals surface area contributed by atoms with E-state index in [1.54, 1.807) is 0 Å². The first-order chi connectivity index (χ1) is 0. The molecule has 0 amide bonds. The molecule has 0 rings (SSSR count). The van der Waals surface area contributed by atoms with Gasteiger partial charge in [-0.3, -0.25) is 0 Å². The zero-order valence-electron chi connectivity index (χ0n) is 3.08. The Morgan fingerprint density at radius 3 is 0.500 bits per heavy atom. The third-order valence-corrected chi connectivity index (χ3v) is 0. The summed E-state index contributed by atoms with van der Waals surface area (Å²) in [7, 11) is 0. The van der Waals surface area contributed by atoms with E-state index in [2.05, 4.69) is 0 Å². The fourth-order valence-corrected chi connectivity index (χ4v) is 0. The maximum atomic E-state index is 0. The molecule has 39 valence electrons. The van der Waals surface area contributed by atoms with Gasteiger partial charge in [-0.1, -0.05) is 0 Å². The maximum Gasteiger partial charge on any atom is 0 e. The summed E-state index contributed by atoms with van der Waals surface area (Å²) >= 11 is 0. The third-order valence-electron chi connectivity index (χ3n) is 0. The fraction of sp³-hybridized carbons (Fsp3) is 0. The summed E-state index contributed by atoms with van der Waals surface area (Å²) in [5.41, 5.74) is 0. The van der Waals surface area contributed by atoms with Gasteiger partial charge in [-0.05, 0) is 0 Å². The normalized spacial score (nSPS) is 0. The van der Waals surface area contributed by atoms with Crippen molar-refractivity contribution >= 4 is 41.3 Å². The molecule has 0 unspecified atom stereocenters. The van der Waals surface area contributed by atoms with E-state index in [1.165, 1.54) is 0 Å². The summed E-state index contributed by atoms with van der Waals surface area (Å²) in [5.74, 6) is 0. The van der Waals surface area contributed by atoms with Gasteiger partial charge in [-0.25, -0.2) is 0 Å². The van der Waals surface area contributed by atoms with E-state index in [9.17, 15) is 0 Å². The predicted octanol–water partition coefficient (Wildman–Crippen LogP) is -4.06. The Morgan fingerprint density at radius 2 is 0.500 bits per heavy atom. The van der Waals surface area contributed by atoms with Crippen molar-refractivity contribution in [2.75, 3.05) is 0 Å². The summed E-state index contributed by atoms with van der Waals surface area (Å²) in [6, 6.07) is 0. The molecule has 6 heavy (non-hydrogen) atoms. The predicted molar refractivity (Wildman–Crippen MR) is 26.0 cm³/mol. The molecule has 6 heteroatoms. The van der Waals surface area contributed by atoms with Gasteiger partial charge >= 0.3 is 0 Å². The summed E-state index contributed by atoms with van der Waals surface area (Å²) in [6.07, 6.45) is 0. The van der Waals surface area contributed by atoms with Crippen molar-refractivity contribution in [2.45, 2.75) is 0 Å². The van der Waals surface area contributed by atoms with Crippen LogP contribution in [0.1, 0.15) is 0 Å². The van der Waals surface area contributed by atoms with Gasteiger partial charge in [-0.2, -0.15) is 0 Å². The molecule has 0 saturated carbocycles. The first kappa shape index (κ1) is 199. The third kappa shape index (κ3) is 65.6. The summed E-state index contributed by atoms with van der Waals surface area (Å²) in [5, 5.41) is 0. The topological polar surface area (TPSA) is 126 Å². The standard InChI is InChI=1S/Al.4H2O.Sn/h;4*1H2;. The van der Waals surface area contributed by atoms with E-state index in [0.29, 0.717) is 0 Å². The zero-order valence-corrected chi connectivity index (χ0v) is 7.09. The molecule has 0 aliphatic rings. The monoisotopic (exact) mass is 219 g/mol. The van der Waals surface area contributed by atoms with Crippen molar-refractivity contribution in [3.63, 3.8) is 0 Å². The van der Waals surface area contributed by atoms with Gasteiger partial charge < -0.3 is 21.9 Å².